The SMILES string of the molecule is CC1(C)C(=O)NCCN1C[C@H]1CN(S(=O)(=O)c2cccs2)CCN1c1ccc(C(C)(O)C(F)(F)F)cc1. The fourth-order valence-electron chi connectivity index (χ4n) is 4.74. The minimum absolute atomic E-state index is 0.122. The Hall–Kier alpha value is -2.19. The van der Waals surface area contributed by atoms with Crippen molar-refractivity contribution in [2.45, 2.75) is 48.3 Å². The molecule has 0 aliphatic carbocycles. The highest BCUT2D eigenvalue weighted by Crippen LogP contribution is 2.39. The Morgan fingerprint density at radius 3 is 2.41 bits per heavy atom. The molecule has 1 aromatic carbocycles. The maximum absolute atomic E-state index is 13.3. The van der Waals surface area contributed by atoms with Crippen LogP contribution in [0.4, 0.5) is 18.9 Å². The van der Waals surface area contributed by atoms with Gasteiger partial charge in [-0.3, -0.25) is 9.69 Å². The van der Waals surface area contributed by atoms with Crippen molar-refractivity contribution < 1.29 is 31.5 Å². The Labute approximate surface area is 218 Å². The maximum atomic E-state index is 13.3. The summed E-state index contributed by atoms with van der Waals surface area (Å²) < 4.78 is 68.1. The number of alkyl halides is 3. The van der Waals surface area contributed by atoms with E-state index in [4.69, 9.17) is 0 Å². The van der Waals surface area contributed by atoms with Crippen LogP contribution in [-0.2, 0) is 20.4 Å². The molecule has 0 radical (unpaired) electrons. The molecule has 8 nitrogen and oxygen atoms in total. The largest absolute Gasteiger partial charge is 0.421 e. The van der Waals surface area contributed by atoms with Crippen LogP contribution in [0.1, 0.15) is 26.3 Å². The van der Waals surface area contributed by atoms with E-state index in [1.807, 2.05) is 23.6 Å². The fraction of sp³-hybridized carbons (Fsp3) is 0.542. The summed E-state index contributed by atoms with van der Waals surface area (Å²) in [7, 11) is -3.71. The molecular weight excluding hydrogens is 529 g/mol. The molecule has 1 aromatic heterocycles. The lowest BCUT2D eigenvalue weighted by Gasteiger charge is -2.48. The summed E-state index contributed by atoms with van der Waals surface area (Å²) >= 11 is 1.14. The van der Waals surface area contributed by atoms with Crippen LogP contribution in [0.5, 0.6) is 0 Å². The molecule has 1 unspecified atom stereocenters. The predicted octanol–water partition coefficient (Wildman–Crippen LogP) is 2.61. The van der Waals surface area contributed by atoms with Gasteiger partial charge in [0.25, 0.3) is 10.0 Å². The Kier molecular flexibility index (Phi) is 7.40. The summed E-state index contributed by atoms with van der Waals surface area (Å²) in [6.07, 6.45) is -4.83. The van der Waals surface area contributed by atoms with E-state index in [0.717, 1.165) is 11.3 Å². The van der Waals surface area contributed by atoms with Crippen LogP contribution < -0.4 is 10.2 Å². The van der Waals surface area contributed by atoms with E-state index in [0.29, 0.717) is 38.8 Å². The van der Waals surface area contributed by atoms with Gasteiger partial charge in [0.05, 0.1) is 11.6 Å². The first-order chi connectivity index (χ1) is 17.2. The van der Waals surface area contributed by atoms with Crippen molar-refractivity contribution >= 4 is 33.0 Å². The second-order valence-corrected chi connectivity index (χ2v) is 13.1. The normalized spacial score (nSPS) is 23.5. The zero-order valence-electron chi connectivity index (χ0n) is 20.8. The van der Waals surface area contributed by atoms with Gasteiger partial charge in [0.15, 0.2) is 5.60 Å². The second-order valence-electron chi connectivity index (χ2n) is 10.0. The Balaban J connectivity index is 1.64. The maximum Gasteiger partial charge on any atom is 0.421 e. The van der Waals surface area contributed by atoms with E-state index >= 15 is 0 Å². The third-order valence-electron chi connectivity index (χ3n) is 7.29. The molecule has 1 amide bonds. The summed E-state index contributed by atoms with van der Waals surface area (Å²) in [6, 6.07) is 8.38. The van der Waals surface area contributed by atoms with Gasteiger partial charge in [-0.2, -0.15) is 17.5 Å². The number of hydrogen-bond donors (Lipinski definition) is 2. The van der Waals surface area contributed by atoms with Crippen molar-refractivity contribution in [2.75, 3.05) is 44.2 Å². The topological polar surface area (TPSA) is 93.2 Å². The lowest BCUT2D eigenvalue weighted by molar-refractivity contribution is -0.258. The number of thiophene rings is 1. The van der Waals surface area contributed by atoms with Crippen molar-refractivity contribution in [3.63, 3.8) is 0 Å². The Bertz CT molecular complexity index is 1220. The summed E-state index contributed by atoms with van der Waals surface area (Å²) in [5.41, 5.74) is -3.48. The number of aliphatic hydroxyl groups is 1. The molecule has 2 saturated heterocycles. The van der Waals surface area contributed by atoms with Crippen molar-refractivity contribution in [1.29, 1.82) is 0 Å². The third kappa shape index (κ3) is 5.24. The number of piperazine rings is 2. The smallest absolute Gasteiger partial charge is 0.376 e. The Morgan fingerprint density at radius 2 is 1.81 bits per heavy atom. The van der Waals surface area contributed by atoms with Crippen molar-refractivity contribution in [2.24, 2.45) is 0 Å². The van der Waals surface area contributed by atoms with E-state index in [1.165, 1.54) is 28.6 Å². The van der Waals surface area contributed by atoms with Crippen LogP contribution >= 0.6 is 11.3 Å². The number of nitrogens with zero attached hydrogens (tertiary/aromatic N) is 3. The molecular formula is C24H31F3N4O4S2. The quantitative estimate of drug-likeness (QED) is 0.565. The monoisotopic (exact) mass is 560 g/mol. The first-order valence-corrected chi connectivity index (χ1v) is 14.2. The molecule has 204 valence electrons. The molecule has 4 rings (SSSR count). The summed E-state index contributed by atoms with van der Waals surface area (Å²) in [4.78, 5) is 16.5. The van der Waals surface area contributed by atoms with E-state index in [-0.39, 0.29) is 34.8 Å². The number of anilines is 1. The molecule has 3 heterocycles. The highest BCUT2D eigenvalue weighted by Gasteiger charge is 2.51. The molecule has 0 spiro atoms. The van der Waals surface area contributed by atoms with Crippen molar-refractivity contribution in [1.82, 2.24) is 14.5 Å². The standard InChI is InChI=1S/C24H31F3N4O4S2/c1-22(2)21(32)28-10-11-29(22)15-19-16-30(37(34,35)20-5-4-14-36-20)12-13-31(19)18-8-6-17(7-9-18)23(3,33)24(25,26)27/h4-9,14,19,33H,10-13,15-16H2,1-3H3,(H,28,32)/t19-,23?/m0/s1. The van der Waals surface area contributed by atoms with Crippen LogP contribution in [0.3, 0.4) is 0 Å². The zero-order valence-corrected chi connectivity index (χ0v) is 22.5. The van der Waals surface area contributed by atoms with E-state index < -0.39 is 27.3 Å². The number of rotatable bonds is 6. The number of sulfonamides is 1. The number of nitrogens with one attached hydrogen (secondary N) is 1. The average molecular weight is 561 g/mol. The number of hydrogen-bond acceptors (Lipinski definition) is 7. The fourth-order valence-corrected chi connectivity index (χ4v) is 7.35. The second kappa shape index (κ2) is 9.84. The van der Waals surface area contributed by atoms with Gasteiger partial charge >= 0.3 is 6.18 Å². The minimum atomic E-state index is -4.83. The van der Waals surface area contributed by atoms with Crippen LogP contribution in [0.15, 0.2) is 46.0 Å². The van der Waals surface area contributed by atoms with Gasteiger partial charge in [0.2, 0.25) is 5.91 Å². The molecule has 2 atom stereocenters. The van der Waals surface area contributed by atoms with Crippen molar-refractivity contribution in [3.05, 3.63) is 47.3 Å². The molecule has 13 heteroatoms. The Morgan fingerprint density at radius 1 is 1.14 bits per heavy atom. The van der Waals surface area contributed by atoms with Gasteiger partial charge in [-0.25, -0.2) is 8.42 Å². The van der Waals surface area contributed by atoms with Gasteiger partial charge in [0, 0.05) is 45.0 Å². The summed E-state index contributed by atoms with van der Waals surface area (Å²) in [5, 5.41) is 14.6. The lowest BCUT2D eigenvalue weighted by atomic mass is 9.94. The third-order valence-corrected chi connectivity index (χ3v) is 10.5. The van der Waals surface area contributed by atoms with E-state index in [9.17, 15) is 31.5 Å². The summed E-state index contributed by atoms with van der Waals surface area (Å²) in [6.45, 7) is 6.40. The number of amides is 1. The van der Waals surface area contributed by atoms with E-state index in [2.05, 4.69) is 5.32 Å². The first kappa shape index (κ1) is 27.8. The number of halogens is 3. The molecule has 37 heavy (non-hydrogen) atoms. The first-order valence-electron chi connectivity index (χ1n) is 11.9. The van der Waals surface area contributed by atoms with Gasteiger partial charge in [0.1, 0.15) is 4.21 Å². The van der Waals surface area contributed by atoms with Gasteiger partial charge in [-0.1, -0.05) is 18.2 Å². The highest BCUT2D eigenvalue weighted by atomic mass is 32.2. The molecule has 2 aliphatic heterocycles. The number of carbonyl (C=O) groups excluding carboxylic acids is 1. The number of carbonyl (C=O) groups is 1. The van der Waals surface area contributed by atoms with Gasteiger partial charge < -0.3 is 15.3 Å². The van der Waals surface area contributed by atoms with Crippen LogP contribution in [0.2, 0.25) is 0 Å². The van der Waals surface area contributed by atoms with Gasteiger partial charge in [-0.05, 0) is 49.9 Å². The zero-order chi connectivity index (χ0) is 27.2. The molecule has 2 aliphatic rings. The van der Waals surface area contributed by atoms with Crippen LogP contribution in [-0.4, -0.2) is 85.7 Å². The van der Waals surface area contributed by atoms with Gasteiger partial charge in [-0.15, -0.1) is 11.3 Å². The lowest BCUT2D eigenvalue weighted by Crippen LogP contribution is -2.66. The summed E-state index contributed by atoms with van der Waals surface area (Å²) in [5.74, 6) is -0.122. The average Bonchev–Trinajstić information content (AvgIpc) is 3.38. The van der Waals surface area contributed by atoms with Crippen molar-refractivity contribution in [3.8, 4) is 0 Å². The minimum Gasteiger partial charge on any atom is -0.376 e. The molecule has 2 aromatic rings. The molecule has 0 bridgehead atoms. The molecule has 0 saturated carbocycles. The van der Waals surface area contributed by atoms with Crippen LogP contribution in [0, 0.1) is 0 Å². The highest BCUT2D eigenvalue weighted by molar-refractivity contribution is 7.91. The molecule has 2 N–H and O–H groups in total. The van der Waals surface area contributed by atoms with Crippen LogP contribution in [0.25, 0.3) is 0 Å². The number of benzene rings is 1. The van der Waals surface area contributed by atoms with E-state index in [1.54, 1.807) is 17.5 Å². The predicted molar refractivity (Wildman–Crippen MR) is 135 cm³/mol. The molecule has 2 fully saturated rings.